The third-order valence-corrected chi connectivity index (χ3v) is 8.10. The summed E-state index contributed by atoms with van der Waals surface area (Å²) < 4.78 is 67.8. The van der Waals surface area contributed by atoms with Crippen LogP contribution in [0.15, 0.2) is 65.6 Å². The first kappa shape index (κ1) is 25.2. The highest BCUT2D eigenvalue weighted by Crippen LogP contribution is 2.35. The molecule has 4 rings (SSSR count). The number of halogens is 4. The van der Waals surface area contributed by atoms with Crippen molar-refractivity contribution >= 4 is 33.2 Å². The second-order valence-electron chi connectivity index (χ2n) is 8.18. The van der Waals surface area contributed by atoms with Gasteiger partial charge in [0.2, 0.25) is 10.0 Å². The van der Waals surface area contributed by atoms with Gasteiger partial charge in [0.15, 0.2) is 11.6 Å². The molecule has 184 valence electrons. The smallest absolute Gasteiger partial charge is 0.255 e. The second-order valence-corrected chi connectivity index (χ2v) is 10.5. The van der Waals surface area contributed by atoms with Crippen molar-refractivity contribution in [3.8, 4) is 0 Å². The molecule has 3 aromatic rings. The molecule has 0 saturated carbocycles. The van der Waals surface area contributed by atoms with Gasteiger partial charge >= 0.3 is 0 Å². The number of amides is 1. The number of rotatable bonds is 5. The van der Waals surface area contributed by atoms with Crippen LogP contribution in [0.3, 0.4) is 0 Å². The van der Waals surface area contributed by atoms with E-state index in [0.717, 1.165) is 22.5 Å². The molecular weight excluding hydrogens is 505 g/mol. The number of carbonyl (C=O) groups excluding carboxylic acids is 1. The van der Waals surface area contributed by atoms with Crippen LogP contribution >= 0.6 is 11.6 Å². The Hall–Kier alpha value is -2.92. The van der Waals surface area contributed by atoms with Crippen molar-refractivity contribution in [2.45, 2.75) is 23.3 Å². The summed E-state index contributed by atoms with van der Waals surface area (Å²) in [6, 6.07) is 12.2. The summed E-state index contributed by atoms with van der Waals surface area (Å²) in [5.74, 6) is -3.39. The van der Waals surface area contributed by atoms with E-state index in [4.69, 9.17) is 11.6 Å². The largest absolute Gasteiger partial charge is 0.385 e. The van der Waals surface area contributed by atoms with Crippen LogP contribution in [-0.2, 0) is 15.6 Å². The number of carbonyl (C=O) groups is 1. The predicted octanol–water partition coefficient (Wildman–Crippen LogP) is 4.68. The van der Waals surface area contributed by atoms with Gasteiger partial charge < -0.3 is 10.4 Å². The summed E-state index contributed by atoms with van der Waals surface area (Å²) in [5.41, 5.74) is -1.03. The molecule has 0 bridgehead atoms. The minimum atomic E-state index is -4.01. The van der Waals surface area contributed by atoms with E-state index in [-0.39, 0.29) is 52.7 Å². The van der Waals surface area contributed by atoms with Crippen LogP contribution < -0.4 is 5.32 Å². The van der Waals surface area contributed by atoms with Crippen LogP contribution in [0, 0.1) is 17.5 Å². The van der Waals surface area contributed by atoms with E-state index in [0.29, 0.717) is 0 Å². The quantitative estimate of drug-likeness (QED) is 0.507. The Balaban J connectivity index is 1.49. The Labute approximate surface area is 205 Å². The maximum atomic E-state index is 13.6. The van der Waals surface area contributed by atoms with Gasteiger partial charge in [0.25, 0.3) is 5.91 Å². The van der Waals surface area contributed by atoms with Crippen molar-refractivity contribution in [1.82, 2.24) is 4.31 Å². The van der Waals surface area contributed by atoms with Crippen molar-refractivity contribution in [1.29, 1.82) is 0 Å². The van der Waals surface area contributed by atoms with Crippen LogP contribution in [-0.4, -0.2) is 36.8 Å². The number of sulfonamides is 1. The van der Waals surface area contributed by atoms with Gasteiger partial charge in [0.1, 0.15) is 5.82 Å². The lowest BCUT2D eigenvalue weighted by molar-refractivity contribution is -0.00993. The number of anilines is 1. The molecule has 2 N–H and O–H groups in total. The highest BCUT2D eigenvalue weighted by atomic mass is 35.5. The molecule has 11 heteroatoms. The molecule has 1 aliphatic heterocycles. The van der Waals surface area contributed by atoms with Gasteiger partial charge in [-0.1, -0.05) is 23.7 Å². The highest BCUT2D eigenvalue weighted by Gasteiger charge is 2.38. The summed E-state index contributed by atoms with van der Waals surface area (Å²) in [6.07, 6.45) is -0.0500. The molecule has 1 saturated heterocycles. The van der Waals surface area contributed by atoms with Gasteiger partial charge in [-0.2, -0.15) is 4.31 Å². The Morgan fingerprint density at radius 3 is 2.29 bits per heavy atom. The summed E-state index contributed by atoms with van der Waals surface area (Å²) in [6.45, 7) is -0.134. The lowest BCUT2D eigenvalue weighted by Gasteiger charge is -2.38. The third kappa shape index (κ3) is 5.20. The fraction of sp³-hybridized carbons (Fsp3) is 0.208. The van der Waals surface area contributed by atoms with Crippen molar-refractivity contribution in [2.75, 3.05) is 18.4 Å². The molecule has 6 nitrogen and oxygen atoms in total. The molecule has 0 unspecified atom stereocenters. The summed E-state index contributed by atoms with van der Waals surface area (Å²) >= 11 is 5.72. The van der Waals surface area contributed by atoms with E-state index in [1.807, 2.05) is 0 Å². The van der Waals surface area contributed by atoms with Gasteiger partial charge in [-0.25, -0.2) is 21.6 Å². The number of benzene rings is 3. The molecule has 0 aliphatic carbocycles. The Kier molecular flexibility index (Phi) is 6.92. The number of piperidine rings is 1. The summed E-state index contributed by atoms with van der Waals surface area (Å²) in [7, 11) is -4.01. The SMILES string of the molecule is O=C(Nc1ccc(F)c(Cl)c1)c1cccc(S(=O)(=O)N2CCC(O)(c3ccc(F)c(F)c3)CC2)c1. The van der Waals surface area contributed by atoms with E-state index < -0.39 is 39.0 Å². The number of aliphatic hydroxyl groups is 1. The first-order valence-electron chi connectivity index (χ1n) is 10.5. The first-order valence-corrected chi connectivity index (χ1v) is 12.4. The average Bonchev–Trinajstić information content (AvgIpc) is 2.83. The lowest BCUT2D eigenvalue weighted by Crippen LogP contribution is -2.45. The monoisotopic (exact) mass is 524 g/mol. The van der Waals surface area contributed by atoms with E-state index >= 15 is 0 Å². The lowest BCUT2D eigenvalue weighted by atomic mass is 9.85. The normalized spacial score (nSPS) is 16.1. The summed E-state index contributed by atoms with van der Waals surface area (Å²) in [5, 5.41) is 13.3. The van der Waals surface area contributed by atoms with Crippen LogP contribution in [0.25, 0.3) is 0 Å². The molecule has 3 aromatic carbocycles. The molecule has 0 spiro atoms. The summed E-state index contributed by atoms with van der Waals surface area (Å²) in [4.78, 5) is 12.5. The minimum Gasteiger partial charge on any atom is -0.385 e. The van der Waals surface area contributed by atoms with Gasteiger partial charge in [-0.3, -0.25) is 4.79 Å². The van der Waals surface area contributed by atoms with Crippen LogP contribution in [0.4, 0.5) is 18.9 Å². The van der Waals surface area contributed by atoms with Crippen molar-refractivity contribution < 1.29 is 31.5 Å². The fourth-order valence-electron chi connectivity index (χ4n) is 3.89. The number of nitrogens with one attached hydrogen (secondary N) is 1. The predicted molar refractivity (Wildman–Crippen MR) is 124 cm³/mol. The zero-order valence-electron chi connectivity index (χ0n) is 18.1. The topological polar surface area (TPSA) is 86.7 Å². The number of hydrogen-bond donors (Lipinski definition) is 2. The van der Waals surface area contributed by atoms with Gasteiger partial charge in [0.05, 0.1) is 15.5 Å². The van der Waals surface area contributed by atoms with Crippen LogP contribution in [0.2, 0.25) is 5.02 Å². The molecule has 0 aromatic heterocycles. The van der Waals surface area contributed by atoms with Gasteiger partial charge in [0, 0.05) is 24.3 Å². The van der Waals surface area contributed by atoms with E-state index in [1.54, 1.807) is 0 Å². The fourth-order valence-corrected chi connectivity index (χ4v) is 5.56. The van der Waals surface area contributed by atoms with Gasteiger partial charge in [-0.05, 0) is 66.9 Å². The molecule has 35 heavy (non-hydrogen) atoms. The van der Waals surface area contributed by atoms with Crippen molar-refractivity contribution in [3.63, 3.8) is 0 Å². The highest BCUT2D eigenvalue weighted by molar-refractivity contribution is 7.89. The van der Waals surface area contributed by atoms with Crippen LogP contribution in [0.1, 0.15) is 28.8 Å². The first-order chi connectivity index (χ1) is 16.5. The maximum Gasteiger partial charge on any atom is 0.255 e. The molecule has 1 aliphatic rings. The molecule has 1 amide bonds. The van der Waals surface area contributed by atoms with E-state index in [2.05, 4.69) is 5.32 Å². The Morgan fingerprint density at radius 1 is 0.943 bits per heavy atom. The van der Waals surface area contributed by atoms with E-state index in [9.17, 15) is 31.5 Å². The maximum absolute atomic E-state index is 13.6. The zero-order chi connectivity index (χ0) is 25.4. The molecule has 1 heterocycles. The molecule has 0 atom stereocenters. The second kappa shape index (κ2) is 9.62. The zero-order valence-corrected chi connectivity index (χ0v) is 19.7. The van der Waals surface area contributed by atoms with E-state index in [1.165, 1.54) is 42.5 Å². The van der Waals surface area contributed by atoms with Gasteiger partial charge in [-0.15, -0.1) is 0 Å². The standard InChI is InChI=1S/C24H20ClF3N2O4S/c25-19-14-17(5-7-20(19)26)29-23(31)15-2-1-3-18(12-15)35(33,34)30-10-8-24(32,9-11-30)16-4-6-21(27)22(28)13-16/h1-7,12-14,32H,8-11H2,(H,29,31). The number of nitrogens with zero attached hydrogens (tertiary/aromatic N) is 1. The van der Waals surface area contributed by atoms with Crippen molar-refractivity contribution in [2.24, 2.45) is 0 Å². The molecule has 1 fully saturated rings. The van der Waals surface area contributed by atoms with Crippen LogP contribution in [0.5, 0.6) is 0 Å². The average molecular weight is 525 g/mol. The third-order valence-electron chi connectivity index (χ3n) is 5.92. The molecule has 0 radical (unpaired) electrons. The Bertz CT molecular complexity index is 1390. The van der Waals surface area contributed by atoms with Crippen molar-refractivity contribution in [3.05, 3.63) is 94.3 Å². The molecular formula is C24H20ClF3N2O4S. The number of hydrogen-bond acceptors (Lipinski definition) is 4. The minimum absolute atomic E-state index is 0.0250. The Morgan fingerprint density at radius 2 is 1.63 bits per heavy atom.